The van der Waals surface area contributed by atoms with Crippen molar-refractivity contribution in [3.63, 3.8) is 0 Å². The van der Waals surface area contributed by atoms with Crippen LogP contribution in [0.25, 0.3) is 0 Å². The van der Waals surface area contributed by atoms with Crippen LogP contribution in [0.1, 0.15) is 15.2 Å². The largest absolute Gasteiger partial charge is 0.493 e. The molecular formula is C21H22N2O5S2. The van der Waals surface area contributed by atoms with Gasteiger partial charge in [-0.1, -0.05) is 12.1 Å². The number of sulfonamides is 1. The number of benzene rings is 2. The van der Waals surface area contributed by atoms with Gasteiger partial charge in [0, 0.05) is 18.8 Å². The lowest BCUT2D eigenvalue weighted by atomic mass is 10.2. The van der Waals surface area contributed by atoms with E-state index in [9.17, 15) is 13.2 Å². The number of aryl methyl sites for hydroxylation is 1. The van der Waals surface area contributed by atoms with E-state index in [-0.39, 0.29) is 9.77 Å². The third-order valence-electron chi connectivity index (χ3n) is 4.48. The van der Waals surface area contributed by atoms with Gasteiger partial charge in [-0.2, -0.15) is 0 Å². The van der Waals surface area contributed by atoms with E-state index in [0.29, 0.717) is 22.9 Å². The molecule has 3 aromatic rings. The third-order valence-corrected chi connectivity index (χ3v) is 7.35. The Morgan fingerprint density at radius 3 is 2.43 bits per heavy atom. The molecule has 0 spiro atoms. The molecule has 0 bridgehead atoms. The first-order chi connectivity index (χ1) is 14.3. The van der Waals surface area contributed by atoms with Crippen LogP contribution in [0, 0.1) is 6.92 Å². The van der Waals surface area contributed by atoms with Crippen LogP contribution in [-0.4, -0.2) is 35.6 Å². The number of ether oxygens (including phenoxy) is 2. The Labute approximate surface area is 179 Å². The van der Waals surface area contributed by atoms with Crippen molar-refractivity contribution in [3.05, 3.63) is 64.4 Å². The van der Waals surface area contributed by atoms with Gasteiger partial charge < -0.3 is 14.8 Å². The number of carbonyl (C=O) groups is 1. The predicted octanol–water partition coefficient (Wildman–Crippen LogP) is 4.15. The lowest BCUT2D eigenvalue weighted by molar-refractivity contribution is 0.102. The minimum Gasteiger partial charge on any atom is -0.493 e. The minimum absolute atomic E-state index is 0.0468. The molecule has 0 saturated carbocycles. The molecule has 0 radical (unpaired) electrons. The van der Waals surface area contributed by atoms with Crippen LogP contribution in [0.2, 0.25) is 0 Å². The van der Waals surface area contributed by atoms with E-state index in [1.165, 1.54) is 31.6 Å². The monoisotopic (exact) mass is 446 g/mol. The first-order valence-corrected chi connectivity index (χ1v) is 11.3. The predicted molar refractivity (Wildman–Crippen MR) is 119 cm³/mol. The molecule has 0 fully saturated rings. The maximum atomic E-state index is 13.2. The van der Waals surface area contributed by atoms with Crippen LogP contribution in [-0.2, 0) is 10.0 Å². The zero-order valence-corrected chi connectivity index (χ0v) is 18.6. The molecule has 7 nitrogen and oxygen atoms in total. The highest BCUT2D eigenvalue weighted by Gasteiger charge is 2.28. The summed E-state index contributed by atoms with van der Waals surface area (Å²) in [6, 6.07) is 13.5. The van der Waals surface area contributed by atoms with Crippen molar-refractivity contribution in [2.75, 3.05) is 30.9 Å². The molecule has 2 aromatic carbocycles. The Morgan fingerprint density at radius 2 is 1.77 bits per heavy atom. The van der Waals surface area contributed by atoms with E-state index in [0.717, 1.165) is 16.9 Å². The van der Waals surface area contributed by atoms with E-state index in [1.54, 1.807) is 41.8 Å². The summed E-state index contributed by atoms with van der Waals surface area (Å²) in [5.41, 5.74) is 1.92. The van der Waals surface area contributed by atoms with Gasteiger partial charge in [-0.05, 0) is 48.2 Å². The lowest BCUT2D eigenvalue weighted by Gasteiger charge is -2.20. The molecule has 0 unspecified atom stereocenters. The second-order valence-electron chi connectivity index (χ2n) is 6.45. The fourth-order valence-corrected chi connectivity index (χ4v) is 5.36. The second-order valence-corrected chi connectivity index (χ2v) is 9.30. The number of thiophene rings is 1. The Bertz CT molecular complexity index is 1170. The standard InChI is InChI=1S/C21H22N2O5S2/c1-14-6-5-7-16(12-14)23(2)30(25,26)19-10-11-29-20(19)21(24)22-15-8-9-17(27-3)18(13-15)28-4/h5-13H,1-4H3,(H,22,24). The van der Waals surface area contributed by atoms with Crippen LogP contribution < -0.4 is 19.1 Å². The van der Waals surface area contributed by atoms with E-state index >= 15 is 0 Å². The summed E-state index contributed by atoms with van der Waals surface area (Å²) in [6.07, 6.45) is 0. The highest BCUT2D eigenvalue weighted by atomic mass is 32.2. The third kappa shape index (κ3) is 4.27. The minimum atomic E-state index is -3.92. The number of methoxy groups -OCH3 is 2. The van der Waals surface area contributed by atoms with Gasteiger partial charge >= 0.3 is 0 Å². The number of nitrogens with zero attached hydrogens (tertiary/aromatic N) is 1. The molecule has 3 rings (SSSR count). The summed E-state index contributed by atoms with van der Waals surface area (Å²) in [4.78, 5) is 12.9. The highest BCUT2D eigenvalue weighted by molar-refractivity contribution is 7.93. The van der Waals surface area contributed by atoms with Gasteiger partial charge in [0.1, 0.15) is 9.77 Å². The van der Waals surface area contributed by atoms with Gasteiger partial charge in [0.25, 0.3) is 15.9 Å². The Balaban J connectivity index is 1.90. The second kappa shape index (κ2) is 8.76. The Morgan fingerprint density at radius 1 is 1.03 bits per heavy atom. The van der Waals surface area contributed by atoms with Crippen molar-refractivity contribution in [2.45, 2.75) is 11.8 Å². The number of rotatable bonds is 7. The molecule has 30 heavy (non-hydrogen) atoms. The highest BCUT2D eigenvalue weighted by Crippen LogP contribution is 2.32. The van der Waals surface area contributed by atoms with Gasteiger partial charge in [0.15, 0.2) is 11.5 Å². The van der Waals surface area contributed by atoms with Crippen molar-refractivity contribution in [1.82, 2.24) is 0 Å². The van der Waals surface area contributed by atoms with E-state index in [4.69, 9.17) is 9.47 Å². The number of anilines is 2. The summed E-state index contributed by atoms with van der Waals surface area (Å²) < 4.78 is 38.0. The topological polar surface area (TPSA) is 84.9 Å². The van der Waals surface area contributed by atoms with Crippen molar-refractivity contribution < 1.29 is 22.7 Å². The number of hydrogen-bond donors (Lipinski definition) is 1. The molecule has 158 valence electrons. The van der Waals surface area contributed by atoms with Crippen LogP contribution in [0.3, 0.4) is 0 Å². The fourth-order valence-electron chi connectivity index (χ4n) is 2.88. The average molecular weight is 447 g/mol. The maximum absolute atomic E-state index is 13.2. The van der Waals surface area contributed by atoms with E-state index in [1.807, 2.05) is 13.0 Å². The zero-order valence-electron chi connectivity index (χ0n) is 17.0. The quantitative estimate of drug-likeness (QED) is 0.589. The van der Waals surface area contributed by atoms with Crippen LogP contribution in [0.4, 0.5) is 11.4 Å². The molecule has 1 N–H and O–H groups in total. The smallest absolute Gasteiger partial charge is 0.267 e. The molecule has 1 amide bonds. The van der Waals surface area contributed by atoms with Gasteiger partial charge in [0.05, 0.1) is 19.9 Å². The molecule has 0 aliphatic carbocycles. The molecule has 9 heteroatoms. The van der Waals surface area contributed by atoms with Crippen LogP contribution >= 0.6 is 11.3 Å². The van der Waals surface area contributed by atoms with Crippen molar-refractivity contribution in [2.24, 2.45) is 0 Å². The number of nitrogens with one attached hydrogen (secondary N) is 1. The average Bonchev–Trinajstić information content (AvgIpc) is 3.24. The number of hydrogen-bond acceptors (Lipinski definition) is 6. The van der Waals surface area contributed by atoms with Gasteiger partial charge in [-0.15, -0.1) is 11.3 Å². The molecule has 0 atom stereocenters. The van der Waals surface area contributed by atoms with Crippen molar-refractivity contribution >= 4 is 38.6 Å². The first kappa shape index (κ1) is 21.7. The fraction of sp³-hybridized carbons (Fsp3) is 0.190. The molecule has 0 aliphatic heterocycles. The molecular weight excluding hydrogens is 424 g/mol. The maximum Gasteiger partial charge on any atom is 0.267 e. The normalized spacial score (nSPS) is 11.1. The van der Waals surface area contributed by atoms with Crippen molar-refractivity contribution in [3.8, 4) is 11.5 Å². The molecule has 0 aliphatic rings. The Kier molecular flexibility index (Phi) is 6.33. The SMILES string of the molecule is COc1ccc(NC(=O)c2sccc2S(=O)(=O)N(C)c2cccc(C)c2)cc1OC. The summed E-state index contributed by atoms with van der Waals surface area (Å²) in [5, 5.41) is 4.31. The van der Waals surface area contributed by atoms with Crippen LogP contribution in [0.15, 0.2) is 58.8 Å². The van der Waals surface area contributed by atoms with Gasteiger partial charge in [-0.25, -0.2) is 8.42 Å². The van der Waals surface area contributed by atoms with E-state index in [2.05, 4.69) is 5.32 Å². The van der Waals surface area contributed by atoms with Crippen molar-refractivity contribution in [1.29, 1.82) is 0 Å². The van der Waals surface area contributed by atoms with Crippen LogP contribution in [0.5, 0.6) is 11.5 Å². The summed E-state index contributed by atoms with van der Waals surface area (Å²) in [5.74, 6) is 0.455. The van der Waals surface area contributed by atoms with Gasteiger partial charge in [-0.3, -0.25) is 9.10 Å². The zero-order chi connectivity index (χ0) is 21.9. The summed E-state index contributed by atoms with van der Waals surface area (Å²) in [7, 11) is 0.563. The van der Waals surface area contributed by atoms with E-state index < -0.39 is 15.9 Å². The molecule has 1 aromatic heterocycles. The first-order valence-electron chi connectivity index (χ1n) is 8.94. The Hall–Kier alpha value is -3.04. The summed E-state index contributed by atoms with van der Waals surface area (Å²) >= 11 is 1.06. The molecule has 1 heterocycles. The number of amides is 1. The number of carbonyl (C=O) groups excluding carboxylic acids is 1. The molecule has 0 saturated heterocycles. The lowest BCUT2D eigenvalue weighted by Crippen LogP contribution is -2.28. The van der Waals surface area contributed by atoms with Gasteiger partial charge in [0.2, 0.25) is 0 Å². The summed E-state index contributed by atoms with van der Waals surface area (Å²) in [6.45, 7) is 1.89.